The van der Waals surface area contributed by atoms with E-state index in [2.05, 4.69) is 24.1 Å². The maximum atomic E-state index is 12.9. The summed E-state index contributed by atoms with van der Waals surface area (Å²) in [5.74, 6) is 0.509. The number of nitrogens with zero attached hydrogens (tertiary/aromatic N) is 3. The molecular weight excluding hydrogens is 452 g/mol. The minimum Gasteiger partial charge on any atom is -0.379 e. The van der Waals surface area contributed by atoms with E-state index >= 15 is 0 Å². The topological polar surface area (TPSA) is 82.2 Å². The number of morpholine rings is 1. The van der Waals surface area contributed by atoms with E-state index in [1.807, 2.05) is 0 Å². The second kappa shape index (κ2) is 11.7. The second-order valence-electron chi connectivity index (χ2n) is 8.32. The minimum atomic E-state index is -3.59. The van der Waals surface area contributed by atoms with E-state index in [0.29, 0.717) is 30.6 Å². The summed E-state index contributed by atoms with van der Waals surface area (Å²) in [6, 6.07) is 6.33. The first-order valence-electron chi connectivity index (χ1n) is 11.5. The highest BCUT2D eigenvalue weighted by Gasteiger charge is 2.31. The van der Waals surface area contributed by atoms with E-state index < -0.39 is 10.0 Å². The monoisotopic (exact) mass is 486 g/mol. The highest BCUT2D eigenvalue weighted by Crippen LogP contribution is 2.21. The van der Waals surface area contributed by atoms with Gasteiger partial charge in [-0.05, 0) is 30.2 Å². The molecule has 2 aliphatic heterocycles. The lowest BCUT2D eigenvalue weighted by molar-refractivity contribution is 0.00205. The third kappa shape index (κ3) is 6.14. The number of carbonyl (C=O) groups is 1. The predicted molar refractivity (Wildman–Crippen MR) is 125 cm³/mol. The summed E-state index contributed by atoms with van der Waals surface area (Å²) in [4.78, 5) is 17.2. The molecule has 2 amide bonds. The molecule has 0 bridgehead atoms. The lowest BCUT2D eigenvalue weighted by Gasteiger charge is -2.39. The summed E-state index contributed by atoms with van der Waals surface area (Å²) in [5.41, 5.74) is 0. The number of rotatable bonds is 8. The molecule has 10 heteroatoms. The highest BCUT2D eigenvalue weighted by atomic mass is 35.5. The van der Waals surface area contributed by atoms with Gasteiger partial charge >= 0.3 is 6.03 Å². The Balaban J connectivity index is 1.54. The van der Waals surface area contributed by atoms with Crippen molar-refractivity contribution in [3.8, 4) is 0 Å². The van der Waals surface area contributed by atoms with Crippen LogP contribution in [0.3, 0.4) is 0 Å². The van der Waals surface area contributed by atoms with Crippen molar-refractivity contribution in [3.05, 3.63) is 29.3 Å². The van der Waals surface area contributed by atoms with Crippen LogP contribution in [0, 0.1) is 5.92 Å². The van der Waals surface area contributed by atoms with Gasteiger partial charge in [0, 0.05) is 56.9 Å². The highest BCUT2D eigenvalue weighted by molar-refractivity contribution is 7.89. The average Bonchev–Trinajstić information content (AvgIpc) is 2.82. The molecule has 2 heterocycles. The van der Waals surface area contributed by atoms with Gasteiger partial charge in [-0.25, -0.2) is 13.2 Å². The Hall–Kier alpha value is -1.39. The minimum absolute atomic E-state index is 0.127. The molecule has 32 heavy (non-hydrogen) atoms. The fourth-order valence-corrected chi connectivity index (χ4v) is 6.07. The van der Waals surface area contributed by atoms with Crippen LogP contribution in [0.15, 0.2) is 29.2 Å². The number of hydrogen-bond acceptors (Lipinski definition) is 5. The number of carbonyl (C=O) groups excluding carboxylic acids is 1. The summed E-state index contributed by atoms with van der Waals surface area (Å²) in [5, 5.41) is 3.61. The largest absolute Gasteiger partial charge is 0.379 e. The molecule has 0 unspecified atom stereocenters. The Morgan fingerprint density at radius 3 is 2.19 bits per heavy atom. The Bertz CT molecular complexity index is 834. The zero-order valence-electron chi connectivity index (χ0n) is 19.0. The second-order valence-corrected chi connectivity index (χ2v) is 10.7. The standard InChI is InChI=1S/C22H35ClN4O4S/c1-3-18(4-2)21(25-13-15-31-16-14-25)17-24-22(28)26-9-11-27(12-10-26)32(29,30)20-7-5-19(23)6-8-20/h5-8,18,21H,3-4,9-17H2,1-2H3,(H,24,28)/t21-/m1/s1. The van der Waals surface area contributed by atoms with Crippen LogP contribution in [-0.2, 0) is 14.8 Å². The van der Waals surface area contributed by atoms with Gasteiger partial charge in [0.05, 0.1) is 18.1 Å². The van der Waals surface area contributed by atoms with Crippen molar-refractivity contribution >= 4 is 27.7 Å². The van der Waals surface area contributed by atoms with Crippen molar-refractivity contribution in [3.63, 3.8) is 0 Å². The van der Waals surface area contributed by atoms with Crippen molar-refractivity contribution in [2.24, 2.45) is 5.92 Å². The van der Waals surface area contributed by atoms with Gasteiger partial charge in [0.1, 0.15) is 0 Å². The molecule has 0 saturated carbocycles. The number of sulfonamides is 1. The van der Waals surface area contributed by atoms with Gasteiger partial charge in [0.15, 0.2) is 0 Å². The molecule has 8 nitrogen and oxygen atoms in total. The first-order valence-corrected chi connectivity index (χ1v) is 13.3. The van der Waals surface area contributed by atoms with Crippen LogP contribution in [0.25, 0.3) is 0 Å². The quantitative estimate of drug-likeness (QED) is 0.610. The molecule has 2 saturated heterocycles. The van der Waals surface area contributed by atoms with Crippen LogP contribution in [0.5, 0.6) is 0 Å². The fraction of sp³-hybridized carbons (Fsp3) is 0.682. The molecule has 0 aromatic heterocycles. The molecule has 2 aliphatic rings. The van der Waals surface area contributed by atoms with E-state index in [1.165, 1.54) is 16.4 Å². The van der Waals surface area contributed by atoms with Gasteiger partial charge < -0.3 is 15.0 Å². The molecule has 0 aliphatic carbocycles. The van der Waals surface area contributed by atoms with Crippen molar-refractivity contribution in [2.75, 3.05) is 59.0 Å². The Morgan fingerprint density at radius 2 is 1.62 bits per heavy atom. The summed E-state index contributed by atoms with van der Waals surface area (Å²) < 4.78 is 32.6. The third-order valence-corrected chi connectivity index (χ3v) is 8.71. The number of nitrogens with one attached hydrogen (secondary N) is 1. The molecule has 1 aromatic rings. The molecule has 2 fully saturated rings. The van der Waals surface area contributed by atoms with Crippen molar-refractivity contribution in [1.29, 1.82) is 0 Å². The zero-order valence-corrected chi connectivity index (χ0v) is 20.6. The Morgan fingerprint density at radius 1 is 1.03 bits per heavy atom. The molecule has 180 valence electrons. The first-order chi connectivity index (χ1) is 15.4. The molecule has 0 spiro atoms. The maximum absolute atomic E-state index is 12.9. The Kier molecular flexibility index (Phi) is 9.19. The Labute approximate surface area is 196 Å². The number of amides is 2. The van der Waals surface area contributed by atoms with E-state index in [1.54, 1.807) is 17.0 Å². The van der Waals surface area contributed by atoms with Crippen LogP contribution in [0.1, 0.15) is 26.7 Å². The SMILES string of the molecule is CCC(CC)[C@@H](CNC(=O)N1CCN(S(=O)(=O)c2ccc(Cl)cc2)CC1)N1CCOCC1. The summed E-state index contributed by atoms with van der Waals surface area (Å²) >= 11 is 5.87. The van der Waals surface area contributed by atoms with E-state index in [9.17, 15) is 13.2 Å². The molecule has 1 aromatic carbocycles. The number of hydrogen-bond donors (Lipinski definition) is 1. The van der Waals surface area contributed by atoms with Gasteiger partial charge in [0.25, 0.3) is 0 Å². The van der Waals surface area contributed by atoms with Gasteiger partial charge in [-0.1, -0.05) is 38.3 Å². The molecule has 3 rings (SSSR count). The fourth-order valence-electron chi connectivity index (χ4n) is 4.53. The number of urea groups is 1. The van der Waals surface area contributed by atoms with Gasteiger partial charge in [-0.2, -0.15) is 4.31 Å². The van der Waals surface area contributed by atoms with Crippen molar-refractivity contribution in [2.45, 2.75) is 37.6 Å². The number of piperazine rings is 1. The van der Waals surface area contributed by atoms with Crippen molar-refractivity contribution in [1.82, 2.24) is 19.4 Å². The average molecular weight is 487 g/mol. The van der Waals surface area contributed by atoms with Crippen LogP contribution >= 0.6 is 11.6 Å². The number of halogens is 1. The number of benzene rings is 1. The van der Waals surface area contributed by atoms with E-state index in [-0.39, 0.29) is 30.1 Å². The smallest absolute Gasteiger partial charge is 0.317 e. The van der Waals surface area contributed by atoms with Gasteiger partial charge in [-0.3, -0.25) is 4.90 Å². The summed E-state index contributed by atoms with van der Waals surface area (Å²) in [6.07, 6.45) is 2.13. The van der Waals surface area contributed by atoms with E-state index in [4.69, 9.17) is 16.3 Å². The zero-order chi connectivity index (χ0) is 23.1. The van der Waals surface area contributed by atoms with Crippen LogP contribution in [0.4, 0.5) is 4.79 Å². The molecular formula is C22H35ClN4O4S. The number of ether oxygens (including phenoxy) is 1. The van der Waals surface area contributed by atoms with Crippen LogP contribution in [0.2, 0.25) is 5.02 Å². The maximum Gasteiger partial charge on any atom is 0.317 e. The van der Waals surface area contributed by atoms with E-state index in [0.717, 1.165) is 39.1 Å². The summed E-state index contributed by atoms with van der Waals surface area (Å²) in [7, 11) is -3.59. The van der Waals surface area contributed by atoms with Crippen molar-refractivity contribution < 1.29 is 17.9 Å². The van der Waals surface area contributed by atoms with Gasteiger partial charge in [0.2, 0.25) is 10.0 Å². The lowest BCUT2D eigenvalue weighted by atomic mass is 9.92. The third-order valence-electron chi connectivity index (χ3n) is 6.55. The molecule has 1 atom stereocenters. The van der Waals surface area contributed by atoms with Crippen LogP contribution in [-0.4, -0.2) is 93.6 Å². The normalized spacial score (nSPS) is 19.8. The molecule has 1 N–H and O–H groups in total. The summed E-state index contributed by atoms with van der Waals surface area (Å²) in [6.45, 7) is 9.51. The van der Waals surface area contributed by atoms with Crippen LogP contribution < -0.4 is 5.32 Å². The molecule has 0 radical (unpaired) electrons. The van der Waals surface area contributed by atoms with Gasteiger partial charge in [-0.15, -0.1) is 0 Å². The predicted octanol–water partition coefficient (Wildman–Crippen LogP) is 2.49. The first kappa shape index (κ1) is 25.2. The lowest BCUT2D eigenvalue weighted by Crippen LogP contribution is -2.56.